The molecule has 1 fully saturated rings. The number of hydrogen-bond donors (Lipinski definition) is 3. The highest BCUT2D eigenvalue weighted by atomic mass is 32.2. The Hall–Kier alpha value is -2.13. The van der Waals surface area contributed by atoms with Gasteiger partial charge < -0.3 is 10.8 Å². The fraction of sp³-hybridized carbons (Fsp3) is 0.308. The van der Waals surface area contributed by atoms with Gasteiger partial charge in [0, 0.05) is 5.56 Å². The van der Waals surface area contributed by atoms with Crippen LogP contribution >= 0.6 is 0 Å². The molecule has 1 saturated heterocycles. The average Bonchev–Trinajstić information content (AvgIpc) is 2.70. The predicted molar refractivity (Wildman–Crippen MR) is 79.7 cm³/mol. The van der Waals surface area contributed by atoms with Gasteiger partial charge in [0.2, 0.25) is 0 Å². The van der Waals surface area contributed by atoms with Gasteiger partial charge in [-0.05, 0) is 24.6 Å². The van der Waals surface area contributed by atoms with E-state index >= 15 is 0 Å². The van der Waals surface area contributed by atoms with Crippen LogP contribution in [0.2, 0.25) is 0 Å². The normalized spacial score (nSPS) is 18.7. The number of nitrogens with two attached hydrogens (primary N) is 1. The summed E-state index contributed by atoms with van der Waals surface area (Å²) in [7, 11) is -4.20. The number of anilines is 1. The van der Waals surface area contributed by atoms with Crippen molar-refractivity contribution in [1.82, 2.24) is 4.72 Å². The van der Waals surface area contributed by atoms with Crippen LogP contribution in [0.25, 0.3) is 6.08 Å². The van der Waals surface area contributed by atoms with E-state index in [9.17, 15) is 22.7 Å². The smallest absolute Gasteiger partial charge is 0.326 e. The molecule has 0 aliphatic carbocycles. The van der Waals surface area contributed by atoms with E-state index in [0.29, 0.717) is 10.8 Å². The monoisotopic (exact) mass is 329 g/mol. The summed E-state index contributed by atoms with van der Waals surface area (Å²) in [6.07, 6.45) is 3.12. The van der Waals surface area contributed by atoms with Crippen LogP contribution in [0, 0.1) is 11.7 Å². The zero-order valence-corrected chi connectivity index (χ0v) is 12.6. The molecule has 1 aliphatic rings. The Kier molecular flexibility index (Phi) is 4.38. The van der Waals surface area contributed by atoms with E-state index < -0.39 is 39.9 Å². The topological polar surface area (TPSA) is 113 Å². The van der Waals surface area contributed by atoms with Crippen LogP contribution in [0.5, 0.6) is 5.75 Å². The van der Waals surface area contributed by atoms with Crippen molar-refractivity contribution in [2.45, 2.75) is 6.92 Å². The quantitative estimate of drug-likeness (QED) is 0.736. The molecule has 1 aliphatic heterocycles. The molecular weight excluding hydrogens is 313 g/mol. The van der Waals surface area contributed by atoms with Crippen molar-refractivity contribution in [3.63, 3.8) is 0 Å². The van der Waals surface area contributed by atoms with Gasteiger partial charge in [-0.3, -0.25) is 4.79 Å². The Bertz CT molecular complexity index is 733. The molecule has 2 rings (SSSR count). The number of nitrogens with zero attached hydrogens (tertiary/aromatic N) is 1. The number of halogens is 1. The standard InChI is InChI=1S/C13H16FN3O4S/c1-8(6-15)2-3-9-4-5-10(18)13(12(9)14)17-7-11(19)16-22(17,20)21/h2-5,8,18H,6-7,15H2,1H3,(H,16,19)/b3-2+. The molecule has 1 unspecified atom stereocenters. The summed E-state index contributed by atoms with van der Waals surface area (Å²) in [6.45, 7) is 1.63. The van der Waals surface area contributed by atoms with E-state index in [4.69, 9.17) is 5.73 Å². The summed E-state index contributed by atoms with van der Waals surface area (Å²) in [5.41, 5.74) is 4.99. The van der Waals surface area contributed by atoms with Crippen LogP contribution in [0.1, 0.15) is 12.5 Å². The number of nitrogens with one attached hydrogen (secondary N) is 1. The molecule has 1 aromatic carbocycles. The van der Waals surface area contributed by atoms with Gasteiger partial charge in [0.05, 0.1) is 0 Å². The zero-order chi connectivity index (χ0) is 16.5. The molecule has 0 radical (unpaired) electrons. The molecule has 1 atom stereocenters. The summed E-state index contributed by atoms with van der Waals surface area (Å²) < 4.78 is 40.3. The third-order valence-corrected chi connectivity index (χ3v) is 4.55. The fourth-order valence-electron chi connectivity index (χ4n) is 1.93. The maximum absolute atomic E-state index is 14.5. The molecule has 0 aromatic heterocycles. The van der Waals surface area contributed by atoms with Gasteiger partial charge in [-0.2, -0.15) is 8.42 Å². The molecule has 4 N–H and O–H groups in total. The Morgan fingerprint density at radius 2 is 2.23 bits per heavy atom. The number of carbonyl (C=O) groups is 1. The molecule has 0 spiro atoms. The van der Waals surface area contributed by atoms with Crippen molar-refractivity contribution in [3.8, 4) is 5.75 Å². The lowest BCUT2D eigenvalue weighted by Gasteiger charge is -2.17. The summed E-state index contributed by atoms with van der Waals surface area (Å²) in [5.74, 6) is -2.28. The minimum atomic E-state index is -4.20. The zero-order valence-electron chi connectivity index (χ0n) is 11.8. The third-order valence-electron chi connectivity index (χ3n) is 3.17. The summed E-state index contributed by atoms with van der Waals surface area (Å²) >= 11 is 0. The number of rotatable bonds is 4. The molecule has 7 nitrogen and oxygen atoms in total. The van der Waals surface area contributed by atoms with Crippen LogP contribution in [-0.4, -0.2) is 32.5 Å². The lowest BCUT2D eigenvalue weighted by molar-refractivity contribution is -0.117. The van der Waals surface area contributed by atoms with Crippen molar-refractivity contribution in [1.29, 1.82) is 0 Å². The Labute approximate surface area is 127 Å². The molecule has 0 bridgehead atoms. The number of aromatic hydroxyl groups is 1. The van der Waals surface area contributed by atoms with Crippen LogP contribution in [-0.2, 0) is 15.0 Å². The van der Waals surface area contributed by atoms with E-state index in [1.165, 1.54) is 18.2 Å². The van der Waals surface area contributed by atoms with E-state index in [2.05, 4.69) is 0 Å². The molecule has 1 aromatic rings. The number of hydrogen-bond acceptors (Lipinski definition) is 5. The van der Waals surface area contributed by atoms with E-state index in [0.717, 1.165) is 0 Å². The number of phenols is 1. The molecule has 1 amide bonds. The van der Waals surface area contributed by atoms with Crippen molar-refractivity contribution in [2.75, 3.05) is 17.4 Å². The largest absolute Gasteiger partial charge is 0.506 e. The Morgan fingerprint density at radius 3 is 2.77 bits per heavy atom. The Morgan fingerprint density at radius 1 is 1.55 bits per heavy atom. The van der Waals surface area contributed by atoms with Gasteiger partial charge in [-0.25, -0.2) is 13.4 Å². The van der Waals surface area contributed by atoms with Gasteiger partial charge in [0.1, 0.15) is 18.0 Å². The first-order valence-corrected chi connectivity index (χ1v) is 7.93. The highest BCUT2D eigenvalue weighted by molar-refractivity contribution is 7.92. The van der Waals surface area contributed by atoms with Gasteiger partial charge >= 0.3 is 10.2 Å². The van der Waals surface area contributed by atoms with Crippen LogP contribution in [0.4, 0.5) is 10.1 Å². The first kappa shape index (κ1) is 16.2. The predicted octanol–water partition coefficient (Wildman–Crippen LogP) is 0.320. The number of carbonyl (C=O) groups excluding carboxylic acids is 1. The molecular formula is C13H16FN3O4S. The SMILES string of the molecule is CC(/C=C/c1ccc(O)c(N2CC(=O)NS2(=O)=O)c1F)CN. The summed E-state index contributed by atoms with van der Waals surface area (Å²) in [4.78, 5) is 11.2. The van der Waals surface area contributed by atoms with Crippen molar-refractivity contribution >= 4 is 27.9 Å². The van der Waals surface area contributed by atoms with Gasteiger partial charge in [0.25, 0.3) is 5.91 Å². The third kappa shape index (κ3) is 3.04. The van der Waals surface area contributed by atoms with Crippen molar-refractivity contribution < 1.29 is 22.7 Å². The van der Waals surface area contributed by atoms with Crippen LogP contribution in [0.3, 0.4) is 0 Å². The first-order valence-electron chi connectivity index (χ1n) is 6.49. The highest BCUT2D eigenvalue weighted by Gasteiger charge is 2.37. The second-order valence-corrected chi connectivity index (χ2v) is 6.54. The van der Waals surface area contributed by atoms with Gasteiger partial charge in [-0.15, -0.1) is 0 Å². The molecule has 1 heterocycles. The highest BCUT2D eigenvalue weighted by Crippen LogP contribution is 2.35. The van der Waals surface area contributed by atoms with Crippen molar-refractivity contribution in [3.05, 3.63) is 29.6 Å². The van der Waals surface area contributed by atoms with E-state index in [1.807, 2.05) is 6.92 Å². The van der Waals surface area contributed by atoms with Crippen molar-refractivity contribution in [2.24, 2.45) is 11.7 Å². The molecule has 120 valence electrons. The first-order chi connectivity index (χ1) is 10.3. The van der Waals surface area contributed by atoms with E-state index in [1.54, 1.807) is 10.8 Å². The van der Waals surface area contributed by atoms with Gasteiger partial charge in [0.15, 0.2) is 5.82 Å². The maximum Gasteiger partial charge on any atom is 0.326 e. The molecule has 9 heteroatoms. The maximum atomic E-state index is 14.5. The fourth-order valence-corrected chi connectivity index (χ4v) is 3.09. The van der Waals surface area contributed by atoms with E-state index in [-0.39, 0.29) is 11.5 Å². The van der Waals surface area contributed by atoms with Crippen LogP contribution in [0.15, 0.2) is 18.2 Å². The number of benzene rings is 1. The average molecular weight is 329 g/mol. The second kappa shape index (κ2) is 5.93. The number of phenolic OH excluding ortho intramolecular Hbond substituents is 1. The van der Waals surface area contributed by atoms with Gasteiger partial charge in [-0.1, -0.05) is 19.1 Å². The minimum absolute atomic E-state index is 0.00965. The lowest BCUT2D eigenvalue weighted by Crippen LogP contribution is -2.30. The molecule has 0 saturated carbocycles. The Balaban J connectivity index is 2.49. The second-order valence-electron chi connectivity index (χ2n) is 4.95. The summed E-state index contributed by atoms with van der Waals surface area (Å²) in [5, 5.41) is 9.79. The lowest BCUT2D eigenvalue weighted by atomic mass is 10.1. The van der Waals surface area contributed by atoms with Crippen LogP contribution < -0.4 is 14.8 Å². The molecule has 22 heavy (non-hydrogen) atoms. The number of amides is 1. The summed E-state index contributed by atoms with van der Waals surface area (Å²) in [6, 6.07) is 2.48. The minimum Gasteiger partial charge on any atom is -0.506 e.